The zero-order valence-corrected chi connectivity index (χ0v) is 12.2. The van der Waals surface area contributed by atoms with Crippen LogP contribution in [0.25, 0.3) is 10.9 Å². The van der Waals surface area contributed by atoms with Crippen molar-refractivity contribution in [2.24, 2.45) is 11.8 Å². The molecule has 1 aliphatic heterocycles. The van der Waals surface area contributed by atoms with Gasteiger partial charge in [0.15, 0.2) is 0 Å². The summed E-state index contributed by atoms with van der Waals surface area (Å²) in [6.45, 7) is 6.72. The van der Waals surface area contributed by atoms with E-state index in [0.717, 1.165) is 41.3 Å². The lowest BCUT2D eigenvalue weighted by Crippen LogP contribution is -2.23. The van der Waals surface area contributed by atoms with Crippen molar-refractivity contribution in [1.82, 2.24) is 4.98 Å². The maximum Gasteiger partial charge on any atom is 0.134 e. The summed E-state index contributed by atoms with van der Waals surface area (Å²) in [5.41, 5.74) is 1.95. The Morgan fingerprint density at radius 3 is 2.85 bits per heavy atom. The van der Waals surface area contributed by atoms with E-state index in [9.17, 15) is 5.11 Å². The average Bonchev–Trinajstić information content (AvgIpc) is 2.95. The number of anilines is 1. The van der Waals surface area contributed by atoms with Gasteiger partial charge in [-0.05, 0) is 30.4 Å². The van der Waals surface area contributed by atoms with E-state index in [0.29, 0.717) is 5.92 Å². The fourth-order valence-electron chi connectivity index (χ4n) is 3.06. The van der Waals surface area contributed by atoms with Crippen LogP contribution in [0.1, 0.15) is 25.8 Å². The molecule has 0 bridgehead atoms. The lowest BCUT2D eigenvalue weighted by Gasteiger charge is -2.22. The molecule has 3 nitrogen and oxygen atoms in total. The maximum absolute atomic E-state index is 9.65. The molecule has 1 saturated heterocycles. The van der Waals surface area contributed by atoms with Crippen molar-refractivity contribution in [1.29, 1.82) is 0 Å². The second-order valence-corrected chi connectivity index (χ2v) is 6.06. The van der Waals surface area contributed by atoms with Gasteiger partial charge in [0.25, 0.3) is 0 Å². The standard InChI is InChI=1S/C17H22N2O/c1-12(2)14-7-8-19(10-14)17-15(11-20)9-13-5-3-4-6-16(13)18-17/h3-6,9,12,14,20H,7-8,10-11H2,1-2H3. The monoisotopic (exact) mass is 270 g/mol. The van der Waals surface area contributed by atoms with Crippen LogP contribution < -0.4 is 4.90 Å². The van der Waals surface area contributed by atoms with E-state index in [1.807, 2.05) is 24.3 Å². The molecule has 1 aromatic carbocycles. The number of para-hydroxylation sites is 1. The van der Waals surface area contributed by atoms with Gasteiger partial charge in [0, 0.05) is 24.0 Å². The topological polar surface area (TPSA) is 36.4 Å². The first-order valence-electron chi connectivity index (χ1n) is 7.43. The molecule has 1 aliphatic rings. The van der Waals surface area contributed by atoms with Crippen molar-refractivity contribution in [3.8, 4) is 0 Å². The van der Waals surface area contributed by atoms with Gasteiger partial charge in [-0.2, -0.15) is 0 Å². The van der Waals surface area contributed by atoms with Gasteiger partial charge in [-0.1, -0.05) is 32.0 Å². The molecule has 0 aliphatic carbocycles. The van der Waals surface area contributed by atoms with Gasteiger partial charge in [-0.3, -0.25) is 0 Å². The van der Waals surface area contributed by atoms with Crippen LogP contribution >= 0.6 is 0 Å². The molecule has 20 heavy (non-hydrogen) atoms. The molecule has 2 aromatic rings. The molecule has 0 saturated carbocycles. The van der Waals surface area contributed by atoms with E-state index >= 15 is 0 Å². The Morgan fingerprint density at radius 1 is 1.35 bits per heavy atom. The van der Waals surface area contributed by atoms with E-state index < -0.39 is 0 Å². The number of aliphatic hydroxyl groups excluding tert-OH is 1. The largest absolute Gasteiger partial charge is 0.392 e. The third-order valence-electron chi connectivity index (χ3n) is 4.42. The molecule has 1 fully saturated rings. The fourth-order valence-corrected chi connectivity index (χ4v) is 3.06. The fraction of sp³-hybridized carbons (Fsp3) is 0.471. The van der Waals surface area contributed by atoms with Gasteiger partial charge < -0.3 is 10.0 Å². The first kappa shape index (κ1) is 13.4. The van der Waals surface area contributed by atoms with E-state index in [1.54, 1.807) is 0 Å². The Bertz CT molecular complexity index is 609. The predicted molar refractivity (Wildman–Crippen MR) is 82.8 cm³/mol. The Morgan fingerprint density at radius 2 is 2.15 bits per heavy atom. The molecule has 0 spiro atoms. The van der Waals surface area contributed by atoms with Crippen LogP contribution in [0.5, 0.6) is 0 Å². The van der Waals surface area contributed by atoms with Crippen LogP contribution in [0, 0.1) is 11.8 Å². The molecule has 1 unspecified atom stereocenters. The quantitative estimate of drug-likeness (QED) is 0.930. The summed E-state index contributed by atoms with van der Waals surface area (Å²) >= 11 is 0. The number of hydrogen-bond acceptors (Lipinski definition) is 3. The Balaban J connectivity index is 1.98. The number of fused-ring (bicyclic) bond motifs is 1. The van der Waals surface area contributed by atoms with Gasteiger partial charge in [-0.25, -0.2) is 4.98 Å². The highest BCUT2D eigenvalue weighted by Gasteiger charge is 2.27. The molecular weight excluding hydrogens is 248 g/mol. The van der Waals surface area contributed by atoms with Crippen molar-refractivity contribution >= 4 is 16.7 Å². The molecule has 2 heterocycles. The summed E-state index contributed by atoms with van der Waals surface area (Å²) in [7, 11) is 0. The third-order valence-corrected chi connectivity index (χ3v) is 4.42. The summed E-state index contributed by atoms with van der Waals surface area (Å²) < 4.78 is 0. The van der Waals surface area contributed by atoms with E-state index in [-0.39, 0.29) is 6.61 Å². The second-order valence-electron chi connectivity index (χ2n) is 6.06. The van der Waals surface area contributed by atoms with Crippen molar-refractivity contribution in [3.05, 3.63) is 35.9 Å². The Labute approximate surface area is 120 Å². The highest BCUT2D eigenvalue weighted by atomic mass is 16.3. The summed E-state index contributed by atoms with van der Waals surface area (Å²) in [4.78, 5) is 7.12. The van der Waals surface area contributed by atoms with Crippen LogP contribution in [0.3, 0.4) is 0 Å². The van der Waals surface area contributed by atoms with Crippen LogP contribution in [-0.4, -0.2) is 23.2 Å². The van der Waals surface area contributed by atoms with Crippen molar-refractivity contribution in [3.63, 3.8) is 0 Å². The smallest absolute Gasteiger partial charge is 0.134 e. The summed E-state index contributed by atoms with van der Waals surface area (Å²) in [5.74, 6) is 2.40. The normalized spacial score (nSPS) is 19.2. The Kier molecular flexibility index (Phi) is 3.62. The maximum atomic E-state index is 9.65. The average molecular weight is 270 g/mol. The van der Waals surface area contributed by atoms with Crippen LogP contribution in [0.4, 0.5) is 5.82 Å². The van der Waals surface area contributed by atoms with Crippen LogP contribution in [0.15, 0.2) is 30.3 Å². The van der Waals surface area contributed by atoms with Crippen molar-refractivity contribution < 1.29 is 5.11 Å². The zero-order valence-electron chi connectivity index (χ0n) is 12.2. The van der Waals surface area contributed by atoms with Crippen molar-refractivity contribution in [2.75, 3.05) is 18.0 Å². The van der Waals surface area contributed by atoms with Gasteiger partial charge in [-0.15, -0.1) is 0 Å². The minimum absolute atomic E-state index is 0.0516. The number of aliphatic hydroxyl groups is 1. The van der Waals surface area contributed by atoms with Gasteiger partial charge >= 0.3 is 0 Å². The Hall–Kier alpha value is -1.61. The molecule has 1 aromatic heterocycles. The molecule has 1 atom stereocenters. The minimum atomic E-state index is 0.0516. The molecule has 0 amide bonds. The number of hydrogen-bond donors (Lipinski definition) is 1. The molecule has 0 radical (unpaired) electrons. The first-order chi connectivity index (χ1) is 9.69. The van der Waals surface area contributed by atoms with Crippen LogP contribution in [-0.2, 0) is 6.61 Å². The highest BCUT2D eigenvalue weighted by Crippen LogP contribution is 2.31. The number of nitrogens with zero attached hydrogens (tertiary/aromatic N) is 2. The predicted octanol–water partition coefficient (Wildman–Crippen LogP) is 3.21. The van der Waals surface area contributed by atoms with Crippen LogP contribution in [0.2, 0.25) is 0 Å². The molecule has 106 valence electrons. The van der Waals surface area contributed by atoms with Gasteiger partial charge in [0.2, 0.25) is 0 Å². The summed E-state index contributed by atoms with van der Waals surface area (Å²) in [5, 5.41) is 10.7. The molecule has 3 heteroatoms. The highest BCUT2D eigenvalue weighted by molar-refractivity contribution is 5.81. The molecule has 3 rings (SSSR count). The number of pyridine rings is 1. The zero-order chi connectivity index (χ0) is 14.1. The van der Waals surface area contributed by atoms with Gasteiger partial charge in [0.1, 0.15) is 5.82 Å². The molecule has 1 N–H and O–H groups in total. The minimum Gasteiger partial charge on any atom is -0.392 e. The first-order valence-corrected chi connectivity index (χ1v) is 7.43. The van der Waals surface area contributed by atoms with E-state index in [1.165, 1.54) is 6.42 Å². The van der Waals surface area contributed by atoms with Gasteiger partial charge in [0.05, 0.1) is 12.1 Å². The summed E-state index contributed by atoms with van der Waals surface area (Å²) in [6, 6.07) is 10.2. The molecular formula is C17H22N2O. The third kappa shape index (κ3) is 2.38. The number of rotatable bonds is 3. The van der Waals surface area contributed by atoms with Crippen molar-refractivity contribution in [2.45, 2.75) is 26.9 Å². The SMILES string of the molecule is CC(C)C1CCN(c2nc3ccccc3cc2CO)C1. The number of benzene rings is 1. The lowest BCUT2D eigenvalue weighted by atomic mass is 9.95. The van der Waals surface area contributed by atoms with E-state index in [4.69, 9.17) is 4.98 Å². The summed E-state index contributed by atoms with van der Waals surface area (Å²) in [6.07, 6.45) is 1.22. The second kappa shape index (κ2) is 5.41. The number of aromatic nitrogens is 1. The lowest BCUT2D eigenvalue weighted by molar-refractivity contribution is 0.282. The van der Waals surface area contributed by atoms with E-state index in [2.05, 4.69) is 24.8 Å².